The van der Waals surface area contributed by atoms with Gasteiger partial charge in [-0.05, 0) is 20.3 Å². The van der Waals surface area contributed by atoms with Crippen LogP contribution in [0.25, 0.3) is 0 Å². The number of unbranched alkanes of at least 4 members (excludes halogenated alkanes) is 1. The van der Waals surface area contributed by atoms with Crippen LogP contribution in [0.4, 0.5) is 4.79 Å². The van der Waals surface area contributed by atoms with E-state index in [1.807, 2.05) is 20.8 Å². The second kappa shape index (κ2) is 11.7. The fourth-order valence-corrected chi connectivity index (χ4v) is 1.03. The summed E-state index contributed by atoms with van der Waals surface area (Å²) < 4.78 is 20.2. The SMILES string of the molecule is CCCCOC(=O)OCC(C)OCCOCC. The van der Waals surface area contributed by atoms with Gasteiger partial charge in [0.05, 0.1) is 25.9 Å². The van der Waals surface area contributed by atoms with Crippen LogP contribution in [0.1, 0.15) is 33.6 Å². The summed E-state index contributed by atoms with van der Waals surface area (Å²) in [6.45, 7) is 8.15. The average molecular weight is 248 g/mol. The monoisotopic (exact) mass is 248 g/mol. The maximum absolute atomic E-state index is 11.1. The first kappa shape index (κ1) is 16.2. The van der Waals surface area contributed by atoms with E-state index in [1.54, 1.807) is 0 Å². The molecule has 0 aromatic carbocycles. The number of rotatable bonds is 10. The Morgan fingerprint density at radius 3 is 2.53 bits per heavy atom. The van der Waals surface area contributed by atoms with Crippen molar-refractivity contribution in [2.24, 2.45) is 0 Å². The highest BCUT2D eigenvalue weighted by atomic mass is 16.7. The second-order valence-electron chi connectivity index (χ2n) is 3.64. The summed E-state index contributed by atoms with van der Waals surface area (Å²) in [5.41, 5.74) is 0. The smallest absolute Gasteiger partial charge is 0.434 e. The predicted molar refractivity (Wildman–Crippen MR) is 64.1 cm³/mol. The number of carbonyl (C=O) groups is 1. The van der Waals surface area contributed by atoms with Gasteiger partial charge in [0.2, 0.25) is 0 Å². The minimum atomic E-state index is -0.626. The van der Waals surface area contributed by atoms with E-state index < -0.39 is 6.16 Å². The maximum atomic E-state index is 11.1. The molecule has 0 saturated heterocycles. The minimum Gasteiger partial charge on any atom is -0.434 e. The Bertz CT molecular complexity index is 184. The molecule has 0 N–H and O–H groups in total. The largest absolute Gasteiger partial charge is 0.508 e. The molecule has 0 heterocycles. The lowest BCUT2D eigenvalue weighted by Gasteiger charge is -2.13. The van der Waals surface area contributed by atoms with E-state index >= 15 is 0 Å². The fourth-order valence-electron chi connectivity index (χ4n) is 1.03. The Labute approximate surface area is 103 Å². The Kier molecular flexibility index (Phi) is 11.1. The molecular formula is C12H24O5. The maximum Gasteiger partial charge on any atom is 0.508 e. The highest BCUT2D eigenvalue weighted by molar-refractivity contribution is 5.59. The van der Waals surface area contributed by atoms with Crippen LogP contribution in [0.5, 0.6) is 0 Å². The van der Waals surface area contributed by atoms with Crippen LogP contribution in [0.3, 0.4) is 0 Å². The lowest BCUT2D eigenvalue weighted by molar-refractivity contribution is -0.0268. The summed E-state index contributed by atoms with van der Waals surface area (Å²) in [7, 11) is 0. The van der Waals surface area contributed by atoms with Crippen molar-refractivity contribution in [3.63, 3.8) is 0 Å². The number of hydrogen-bond donors (Lipinski definition) is 0. The van der Waals surface area contributed by atoms with E-state index in [-0.39, 0.29) is 12.7 Å². The summed E-state index contributed by atoms with van der Waals surface area (Å²) in [4.78, 5) is 11.1. The van der Waals surface area contributed by atoms with Gasteiger partial charge in [-0.2, -0.15) is 0 Å². The molecule has 1 atom stereocenters. The molecule has 17 heavy (non-hydrogen) atoms. The molecular weight excluding hydrogens is 224 g/mol. The summed E-state index contributed by atoms with van der Waals surface area (Å²) >= 11 is 0. The Balaban J connectivity index is 3.35. The molecule has 0 fully saturated rings. The van der Waals surface area contributed by atoms with E-state index in [0.29, 0.717) is 26.4 Å². The van der Waals surface area contributed by atoms with Crippen LogP contribution in [-0.2, 0) is 18.9 Å². The Morgan fingerprint density at radius 1 is 1.12 bits per heavy atom. The summed E-state index contributed by atoms with van der Waals surface area (Å²) in [6, 6.07) is 0. The summed E-state index contributed by atoms with van der Waals surface area (Å²) in [5.74, 6) is 0. The molecule has 0 bridgehead atoms. The van der Waals surface area contributed by atoms with Gasteiger partial charge in [-0.1, -0.05) is 13.3 Å². The lowest BCUT2D eigenvalue weighted by atomic mass is 10.4. The van der Waals surface area contributed by atoms with Crippen molar-refractivity contribution in [3.8, 4) is 0 Å². The molecule has 0 radical (unpaired) electrons. The zero-order chi connectivity index (χ0) is 12.9. The Hall–Kier alpha value is -0.810. The van der Waals surface area contributed by atoms with Crippen molar-refractivity contribution in [3.05, 3.63) is 0 Å². The fraction of sp³-hybridized carbons (Fsp3) is 0.917. The normalized spacial score (nSPS) is 12.2. The highest BCUT2D eigenvalue weighted by Crippen LogP contribution is 1.96. The molecule has 0 aliphatic heterocycles. The third-order valence-electron chi connectivity index (χ3n) is 1.99. The zero-order valence-corrected chi connectivity index (χ0v) is 11.1. The van der Waals surface area contributed by atoms with E-state index in [1.165, 1.54) is 0 Å². The van der Waals surface area contributed by atoms with Crippen molar-refractivity contribution in [1.29, 1.82) is 0 Å². The minimum absolute atomic E-state index is 0.144. The van der Waals surface area contributed by atoms with Crippen LogP contribution in [0, 0.1) is 0 Å². The first-order valence-corrected chi connectivity index (χ1v) is 6.19. The van der Waals surface area contributed by atoms with Crippen LogP contribution < -0.4 is 0 Å². The van der Waals surface area contributed by atoms with Gasteiger partial charge in [0.15, 0.2) is 0 Å². The van der Waals surface area contributed by atoms with E-state index in [0.717, 1.165) is 12.8 Å². The van der Waals surface area contributed by atoms with Crippen LogP contribution >= 0.6 is 0 Å². The van der Waals surface area contributed by atoms with Gasteiger partial charge in [-0.15, -0.1) is 0 Å². The van der Waals surface area contributed by atoms with Gasteiger partial charge in [-0.25, -0.2) is 4.79 Å². The molecule has 102 valence electrons. The molecule has 0 aliphatic carbocycles. The van der Waals surface area contributed by atoms with Crippen molar-refractivity contribution in [1.82, 2.24) is 0 Å². The van der Waals surface area contributed by atoms with Crippen molar-refractivity contribution in [2.45, 2.75) is 39.7 Å². The van der Waals surface area contributed by atoms with Gasteiger partial charge >= 0.3 is 6.16 Å². The molecule has 0 rings (SSSR count). The first-order chi connectivity index (χ1) is 8.20. The predicted octanol–water partition coefficient (Wildman–Crippen LogP) is 2.38. The second-order valence-corrected chi connectivity index (χ2v) is 3.64. The molecule has 0 aromatic heterocycles. The van der Waals surface area contributed by atoms with Gasteiger partial charge in [0.1, 0.15) is 6.61 Å². The topological polar surface area (TPSA) is 54.0 Å². The molecule has 5 nitrogen and oxygen atoms in total. The van der Waals surface area contributed by atoms with E-state index in [9.17, 15) is 4.79 Å². The number of ether oxygens (including phenoxy) is 4. The van der Waals surface area contributed by atoms with Crippen LogP contribution in [-0.4, -0.2) is 45.3 Å². The van der Waals surface area contributed by atoms with Gasteiger partial charge in [-0.3, -0.25) is 0 Å². The first-order valence-electron chi connectivity index (χ1n) is 6.19. The lowest BCUT2D eigenvalue weighted by Crippen LogP contribution is -2.21. The van der Waals surface area contributed by atoms with Crippen molar-refractivity contribution >= 4 is 6.16 Å². The molecule has 0 amide bonds. The summed E-state index contributed by atoms with van der Waals surface area (Å²) in [6.07, 6.45) is 1.08. The molecule has 0 aliphatic rings. The standard InChI is InChI=1S/C12H24O5/c1-4-6-7-16-12(13)17-10-11(3)15-9-8-14-5-2/h11H,4-10H2,1-3H3. The molecule has 0 spiro atoms. The molecule has 5 heteroatoms. The summed E-state index contributed by atoms with van der Waals surface area (Å²) in [5, 5.41) is 0. The molecule has 0 aromatic rings. The van der Waals surface area contributed by atoms with Gasteiger partial charge in [0, 0.05) is 6.61 Å². The van der Waals surface area contributed by atoms with Crippen molar-refractivity contribution < 1.29 is 23.7 Å². The Morgan fingerprint density at radius 2 is 1.88 bits per heavy atom. The third-order valence-corrected chi connectivity index (χ3v) is 1.99. The van der Waals surface area contributed by atoms with Gasteiger partial charge in [0.25, 0.3) is 0 Å². The number of carbonyl (C=O) groups excluding carboxylic acids is 1. The quantitative estimate of drug-likeness (QED) is 0.439. The molecule has 1 unspecified atom stereocenters. The van der Waals surface area contributed by atoms with Crippen LogP contribution in [0.15, 0.2) is 0 Å². The molecule has 0 saturated carbocycles. The van der Waals surface area contributed by atoms with E-state index in [4.69, 9.17) is 18.9 Å². The van der Waals surface area contributed by atoms with Crippen LogP contribution in [0.2, 0.25) is 0 Å². The van der Waals surface area contributed by atoms with Gasteiger partial charge < -0.3 is 18.9 Å². The number of hydrogen-bond acceptors (Lipinski definition) is 5. The zero-order valence-electron chi connectivity index (χ0n) is 11.1. The van der Waals surface area contributed by atoms with Crippen molar-refractivity contribution in [2.75, 3.05) is 33.0 Å². The highest BCUT2D eigenvalue weighted by Gasteiger charge is 2.08. The average Bonchev–Trinajstić information content (AvgIpc) is 2.32. The third kappa shape index (κ3) is 11.5. The van der Waals surface area contributed by atoms with E-state index in [2.05, 4.69) is 0 Å².